The molecule has 9 heteroatoms. The Bertz CT molecular complexity index is 819. The predicted octanol–water partition coefficient (Wildman–Crippen LogP) is 3.02. The van der Waals surface area contributed by atoms with Gasteiger partial charge in [-0.3, -0.25) is 4.79 Å². The van der Waals surface area contributed by atoms with Gasteiger partial charge in [-0.15, -0.1) is 11.3 Å². The number of piperazine rings is 1. The van der Waals surface area contributed by atoms with Crippen LogP contribution in [-0.2, 0) is 11.0 Å². The normalized spacial score (nSPS) is 23.2. The third kappa shape index (κ3) is 4.01. The van der Waals surface area contributed by atoms with E-state index in [2.05, 4.69) is 10.9 Å². The molecule has 3 heterocycles. The van der Waals surface area contributed by atoms with Gasteiger partial charge < -0.3 is 9.80 Å². The summed E-state index contributed by atoms with van der Waals surface area (Å²) in [6.45, 7) is 2.02. The Hall–Kier alpha value is -2.10. The van der Waals surface area contributed by atoms with E-state index in [-0.39, 0.29) is 18.0 Å². The maximum Gasteiger partial charge on any atom is 0.416 e. The molecule has 2 unspecified atom stereocenters. The number of alkyl halides is 3. The molecule has 28 heavy (non-hydrogen) atoms. The molecule has 1 aromatic carbocycles. The van der Waals surface area contributed by atoms with E-state index in [1.807, 2.05) is 22.4 Å². The maximum absolute atomic E-state index is 12.9. The highest BCUT2D eigenvalue weighted by atomic mass is 32.1. The Balaban J connectivity index is 1.34. The SMILES string of the molecule is O=C(C1CC(c2cccs2)NN1)N1CCN(c2cccc(C(F)(F)F)c2)CC1. The average molecular weight is 410 g/mol. The van der Waals surface area contributed by atoms with Crippen molar-refractivity contribution in [1.82, 2.24) is 15.8 Å². The van der Waals surface area contributed by atoms with Gasteiger partial charge >= 0.3 is 6.18 Å². The monoisotopic (exact) mass is 410 g/mol. The fourth-order valence-corrected chi connectivity index (χ4v) is 4.47. The fourth-order valence-electron chi connectivity index (χ4n) is 3.68. The van der Waals surface area contributed by atoms with Gasteiger partial charge in [-0.2, -0.15) is 13.2 Å². The smallest absolute Gasteiger partial charge is 0.368 e. The largest absolute Gasteiger partial charge is 0.416 e. The van der Waals surface area contributed by atoms with Gasteiger partial charge in [0.2, 0.25) is 5.91 Å². The standard InChI is InChI=1S/C19H21F3N4OS/c20-19(21,22)13-3-1-4-14(11-13)25-6-8-26(9-7-25)18(27)16-12-15(23-24-16)17-5-2-10-28-17/h1-5,10-11,15-16,23-24H,6-9,12H2. The van der Waals surface area contributed by atoms with E-state index >= 15 is 0 Å². The number of hydrogen-bond acceptors (Lipinski definition) is 5. The van der Waals surface area contributed by atoms with E-state index < -0.39 is 11.7 Å². The molecule has 2 aliphatic rings. The minimum atomic E-state index is -4.35. The molecular weight excluding hydrogens is 389 g/mol. The second-order valence-electron chi connectivity index (χ2n) is 7.01. The molecule has 2 aromatic rings. The molecule has 2 fully saturated rings. The zero-order valence-corrected chi connectivity index (χ0v) is 15.9. The van der Waals surface area contributed by atoms with Crippen LogP contribution in [0, 0.1) is 0 Å². The van der Waals surface area contributed by atoms with E-state index in [0.29, 0.717) is 38.3 Å². The number of carbonyl (C=O) groups excluding carboxylic acids is 1. The molecule has 0 spiro atoms. The number of hydrogen-bond donors (Lipinski definition) is 2. The third-order valence-corrected chi connectivity index (χ3v) is 6.20. The van der Waals surface area contributed by atoms with Gasteiger partial charge in [0.05, 0.1) is 11.6 Å². The van der Waals surface area contributed by atoms with Gasteiger partial charge in [-0.1, -0.05) is 12.1 Å². The number of nitrogens with one attached hydrogen (secondary N) is 2. The van der Waals surface area contributed by atoms with Crippen LogP contribution < -0.4 is 15.8 Å². The second-order valence-corrected chi connectivity index (χ2v) is 7.98. The van der Waals surface area contributed by atoms with Crippen molar-refractivity contribution in [3.8, 4) is 0 Å². The van der Waals surface area contributed by atoms with Crippen molar-refractivity contribution in [3.63, 3.8) is 0 Å². The number of hydrazine groups is 1. The lowest BCUT2D eigenvalue weighted by Crippen LogP contribution is -2.53. The van der Waals surface area contributed by atoms with Crippen LogP contribution in [0.3, 0.4) is 0 Å². The van der Waals surface area contributed by atoms with E-state index in [9.17, 15) is 18.0 Å². The van der Waals surface area contributed by atoms with E-state index in [1.54, 1.807) is 22.3 Å². The Kier molecular flexibility index (Phi) is 5.31. The van der Waals surface area contributed by atoms with E-state index in [0.717, 1.165) is 6.07 Å². The Morgan fingerprint density at radius 1 is 1.07 bits per heavy atom. The van der Waals surface area contributed by atoms with E-state index in [4.69, 9.17) is 0 Å². The zero-order valence-electron chi connectivity index (χ0n) is 15.1. The lowest BCUT2D eigenvalue weighted by molar-refractivity contribution is -0.137. The quantitative estimate of drug-likeness (QED) is 0.817. The summed E-state index contributed by atoms with van der Waals surface area (Å²) in [6.07, 6.45) is -3.67. The summed E-state index contributed by atoms with van der Waals surface area (Å²) >= 11 is 1.66. The van der Waals surface area contributed by atoms with Crippen molar-refractivity contribution in [2.24, 2.45) is 0 Å². The van der Waals surface area contributed by atoms with Crippen molar-refractivity contribution >= 4 is 22.9 Å². The topological polar surface area (TPSA) is 47.6 Å². The summed E-state index contributed by atoms with van der Waals surface area (Å²) in [7, 11) is 0. The molecule has 150 valence electrons. The highest BCUT2D eigenvalue weighted by Crippen LogP contribution is 2.32. The molecule has 2 aliphatic heterocycles. The third-order valence-electron chi connectivity index (χ3n) is 5.22. The van der Waals surface area contributed by atoms with Gasteiger partial charge in [0.1, 0.15) is 6.04 Å². The summed E-state index contributed by atoms with van der Waals surface area (Å²) < 4.78 is 38.8. The Labute approximate surface area is 165 Å². The number of nitrogens with zero attached hydrogens (tertiary/aromatic N) is 2. The van der Waals surface area contributed by atoms with E-state index in [1.165, 1.54) is 17.0 Å². The van der Waals surface area contributed by atoms with Gasteiger partial charge in [-0.05, 0) is 36.1 Å². The summed E-state index contributed by atoms with van der Waals surface area (Å²) in [5.41, 5.74) is 6.16. The molecular formula is C19H21F3N4OS. The van der Waals surface area contributed by atoms with Crippen LogP contribution in [0.5, 0.6) is 0 Å². The predicted molar refractivity (Wildman–Crippen MR) is 102 cm³/mol. The second kappa shape index (κ2) is 7.73. The summed E-state index contributed by atoms with van der Waals surface area (Å²) in [5, 5.41) is 2.01. The summed E-state index contributed by atoms with van der Waals surface area (Å²) in [4.78, 5) is 17.7. The number of rotatable bonds is 3. The van der Waals surface area contributed by atoms with Gasteiger partial charge in [0, 0.05) is 36.7 Å². The molecule has 1 amide bonds. The molecule has 2 N–H and O–H groups in total. The first-order valence-corrected chi connectivity index (χ1v) is 10.1. The molecule has 0 saturated carbocycles. The highest BCUT2D eigenvalue weighted by Gasteiger charge is 2.35. The van der Waals surface area contributed by atoms with Gasteiger partial charge in [0.15, 0.2) is 0 Å². The van der Waals surface area contributed by atoms with Crippen LogP contribution in [0.25, 0.3) is 0 Å². The van der Waals surface area contributed by atoms with Crippen LogP contribution in [0.1, 0.15) is 22.9 Å². The van der Waals surface area contributed by atoms with Gasteiger partial charge in [0.25, 0.3) is 0 Å². The minimum absolute atomic E-state index is 0.0373. The Morgan fingerprint density at radius 3 is 2.54 bits per heavy atom. The van der Waals surface area contributed by atoms with Crippen LogP contribution in [-0.4, -0.2) is 43.0 Å². The number of benzene rings is 1. The lowest BCUT2D eigenvalue weighted by atomic mass is 10.1. The molecule has 2 atom stereocenters. The first kappa shape index (κ1) is 19.2. The van der Waals surface area contributed by atoms with Crippen LogP contribution in [0.4, 0.5) is 18.9 Å². The fraction of sp³-hybridized carbons (Fsp3) is 0.421. The summed E-state index contributed by atoms with van der Waals surface area (Å²) in [5.74, 6) is 0.0373. The van der Waals surface area contributed by atoms with Crippen LogP contribution in [0.2, 0.25) is 0 Å². The minimum Gasteiger partial charge on any atom is -0.368 e. The number of anilines is 1. The maximum atomic E-state index is 12.9. The lowest BCUT2D eigenvalue weighted by Gasteiger charge is -2.37. The number of amides is 1. The first-order valence-electron chi connectivity index (χ1n) is 9.17. The van der Waals surface area contributed by atoms with Crippen molar-refractivity contribution in [3.05, 3.63) is 52.2 Å². The summed E-state index contributed by atoms with van der Waals surface area (Å²) in [6, 6.07) is 9.23. The zero-order chi connectivity index (χ0) is 19.7. The molecule has 2 saturated heterocycles. The number of thiophene rings is 1. The Morgan fingerprint density at radius 2 is 1.86 bits per heavy atom. The highest BCUT2D eigenvalue weighted by molar-refractivity contribution is 7.10. The van der Waals surface area contributed by atoms with Crippen molar-refractivity contribution < 1.29 is 18.0 Å². The molecule has 5 nitrogen and oxygen atoms in total. The molecule has 4 rings (SSSR count). The molecule has 0 aliphatic carbocycles. The number of carbonyl (C=O) groups is 1. The molecule has 0 radical (unpaired) electrons. The van der Waals surface area contributed by atoms with Crippen molar-refractivity contribution in [2.45, 2.75) is 24.7 Å². The van der Waals surface area contributed by atoms with Crippen LogP contribution in [0.15, 0.2) is 41.8 Å². The first-order chi connectivity index (χ1) is 13.4. The molecule has 0 bridgehead atoms. The van der Waals surface area contributed by atoms with Crippen LogP contribution >= 0.6 is 11.3 Å². The number of halogens is 3. The van der Waals surface area contributed by atoms with Crippen molar-refractivity contribution in [1.29, 1.82) is 0 Å². The van der Waals surface area contributed by atoms with Gasteiger partial charge in [-0.25, -0.2) is 10.9 Å². The molecule has 1 aromatic heterocycles. The van der Waals surface area contributed by atoms with Crippen molar-refractivity contribution in [2.75, 3.05) is 31.1 Å². The average Bonchev–Trinajstić information content (AvgIpc) is 3.39.